The quantitative estimate of drug-likeness (QED) is 0.210. The molecule has 120 valence electrons. The second-order valence-corrected chi connectivity index (χ2v) is 6.56. The number of hydrogen-bond acceptors (Lipinski definition) is 1. The molecule has 0 aliphatic carbocycles. The van der Waals surface area contributed by atoms with E-state index in [1.807, 2.05) is 0 Å². The van der Waals surface area contributed by atoms with Gasteiger partial charge in [-0.15, -0.1) is 0 Å². The van der Waals surface area contributed by atoms with Gasteiger partial charge in [0, 0.05) is 0 Å². The fraction of sp³-hybridized carbons (Fsp3) is 0.895. The van der Waals surface area contributed by atoms with Crippen molar-refractivity contribution < 1.29 is 0 Å². The molecule has 0 amide bonds. The second-order valence-electron chi connectivity index (χ2n) is 6.56. The van der Waals surface area contributed by atoms with Crippen molar-refractivity contribution in [3.8, 4) is 0 Å². The average Bonchev–Trinajstić information content (AvgIpc) is 2.46. The predicted molar refractivity (Wildman–Crippen MR) is 98.3 cm³/mol. The summed E-state index contributed by atoms with van der Waals surface area (Å²) in [5, 5.41) is 1.17. The molecule has 0 fully saturated rings. The third-order valence-electron chi connectivity index (χ3n) is 4.18. The molecule has 0 aromatic heterocycles. The summed E-state index contributed by atoms with van der Waals surface area (Å²) in [7, 11) is 0. The van der Waals surface area contributed by atoms with Crippen LogP contribution in [0.2, 0.25) is 5.09 Å². The third-order valence-corrected chi connectivity index (χ3v) is 4.18. The summed E-state index contributed by atoms with van der Waals surface area (Å²) in [6.07, 6.45) is 16.3. The van der Waals surface area contributed by atoms with Gasteiger partial charge in [0.05, 0.1) is 0 Å². The maximum absolute atomic E-state index is 2.69. The van der Waals surface area contributed by atoms with E-state index in [-0.39, 0.29) is 0 Å². The first kappa shape index (κ1) is 21.3. The average molecular weight is 287 g/mol. The van der Waals surface area contributed by atoms with Gasteiger partial charge in [-0.05, 0) is 0 Å². The molecule has 0 aliphatic heterocycles. The first-order chi connectivity index (χ1) is 10.2. The Kier molecular flexibility index (Phi) is 16.9. The second kappa shape index (κ2) is 16.7. The van der Waals surface area contributed by atoms with Crippen LogP contribution in [0.4, 0.5) is 0 Å². The molecule has 1 nitrogen and oxygen atoms in total. The molecule has 0 aliphatic rings. The first-order valence-corrected chi connectivity index (χ1v) is 9.62. The minimum absolute atomic E-state index is 1.17. The zero-order chi connectivity index (χ0) is 15.8. The molecule has 0 bridgehead atoms. The van der Waals surface area contributed by atoms with E-state index >= 15 is 0 Å². The third kappa shape index (κ3) is 15.0. The van der Waals surface area contributed by atoms with Gasteiger partial charge in [0.25, 0.3) is 0 Å². The maximum atomic E-state index is 2.69. The number of hydrogen-bond donors (Lipinski definition) is 0. The Morgan fingerprint density at radius 3 is 1.71 bits per heavy atom. The zero-order valence-corrected chi connectivity index (χ0v) is 15.4. The monoisotopic (exact) mass is 287 g/mol. The topological polar surface area (TPSA) is 3.24 Å². The molecular weight excluding hydrogens is 249 g/mol. The van der Waals surface area contributed by atoms with Crippen molar-refractivity contribution >= 4 is 17.7 Å². The molecule has 2 heteroatoms. The SMILES string of the molecule is [Li][CH2]C=C(C)CN(CCCCCCC)CCCCCCC. The van der Waals surface area contributed by atoms with E-state index in [1.165, 1.54) is 88.9 Å². The van der Waals surface area contributed by atoms with Crippen molar-refractivity contribution in [3.63, 3.8) is 0 Å². The van der Waals surface area contributed by atoms with Crippen LogP contribution in [0, 0.1) is 0 Å². The van der Waals surface area contributed by atoms with Crippen LogP contribution in [0.1, 0.15) is 85.0 Å². The summed E-state index contributed by atoms with van der Waals surface area (Å²) in [4.78, 5) is 2.69. The Bertz CT molecular complexity index is 224. The normalized spacial score (nSPS) is 12.4. The summed E-state index contributed by atoms with van der Waals surface area (Å²) in [6.45, 7) is 10.7. The van der Waals surface area contributed by atoms with Crippen LogP contribution in [0.3, 0.4) is 0 Å². The molecule has 0 unspecified atom stereocenters. The van der Waals surface area contributed by atoms with E-state index in [1.54, 1.807) is 5.57 Å². The molecule has 0 aromatic carbocycles. The number of nitrogens with zero attached hydrogens (tertiary/aromatic N) is 1. The number of rotatable bonds is 15. The summed E-state index contributed by atoms with van der Waals surface area (Å²) in [5.74, 6) is 0. The van der Waals surface area contributed by atoms with Crippen LogP contribution < -0.4 is 0 Å². The summed E-state index contributed by atoms with van der Waals surface area (Å²) >= 11 is 2.24. The first-order valence-electron chi connectivity index (χ1n) is 9.62. The molecule has 0 saturated carbocycles. The van der Waals surface area contributed by atoms with Gasteiger partial charge in [0.1, 0.15) is 0 Å². The van der Waals surface area contributed by atoms with Crippen molar-refractivity contribution in [1.29, 1.82) is 0 Å². The van der Waals surface area contributed by atoms with Crippen LogP contribution in [-0.4, -0.2) is 42.2 Å². The summed E-state index contributed by atoms with van der Waals surface area (Å²) in [5.41, 5.74) is 1.56. The van der Waals surface area contributed by atoms with E-state index in [9.17, 15) is 0 Å². The Balaban J connectivity index is 3.94. The van der Waals surface area contributed by atoms with E-state index in [0.29, 0.717) is 0 Å². The molecule has 0 radical (unpaired) electrons. The van der Waals surface area contributed by atoms with Gasteiger partial charge in [-0.25, -0.2) is 0 Å². The molecule has 0 rings (SSSR count). The fourth-order valence-corrected chi connectivity index (χ4v) is 2.91. The fourth-order valence-electron chi connectivity index (χ4n) is 2.91. The van der Waals surface area contributed by atoms with Gasteiger partial charge < -0.3 is 0 Å². The van der Waals surface area contributed by atoms with Crippen LogP contribution in [0.25, 0.3) is 0 Å². The van der Waals surface area contributed by atoms with Gasteiger partial charge in [-0.3, -0.25) is 0 Å². The standard InChI is InChI=1S/C19H38N.Li/c1-5-8-10-12-14-16-20(18-19(4)7-3)17-15-13-11-9-6-2;/h7H,3,5-6,8-18H2,1-2,4H3;. The van der Waals surface area contributed by atoms with Gasteiger partial charge in [0.15, 0.2) is 0 Å². The molecule has 0 heterocycles. The van der Waals surface area contributed by atoms with Gasteiger partial charge in [-0.2, -0.15) is 0 Å². The van der Waals surface area contributed by atoms with Crippen LogP contribution >= 0.6 is 0 Å². The van der Waals surface area contributed by atoms with Crippen LogP contribution in [0.15, 0.2) is 11.6 Å². The van der Waals surface area contributed by atoms with E-state index in [4.69, 9.17) is 0 Å². The van der Waals surface area contributed by atoms with Crippen LogP contribution in [-0.2, 0) is 0 Å². The molecule has 0 atom stereocenters. The van der Waals surface area contributed by atoms with E-state index < -0.39 is 0 Å². The van der Waals surface area contributed by atoms with Gasteiger partial charge in [-0.1, -0.05) is 0 Å². The molecule has 0 N–H and O–H groups in total. The van der Waals surface area contributed by atoms with Gasteiger partial charge >= 0.3 is 144 Å². The Morgan fingerprint density at radius 1 is 0.810 bits per heavy atom. The molecule has 0 saturated heterocycles. The Morgan fingerprint density at radius 2 is 1.29 bits per heavy atom. The number of unbranched alkanes of at least 4 members (excludes halogenated alkanes) is 8. The molecule has 0 aromatic rings. The Labute approximate surface area is 144 Å². The van der Waals surface area contributed by atoms with Gasteiger partial charge in [0.2, 0.25) is 0 Å². The van der Waals surface area contributed by atoms with Crippen LogP contribution in [0.5, 0.6) is 0 Å². The van der Waals surface area contributed by atoms with Crippen molar-refractivity contribution in [3.05, 3.63) is 11.6 Å². The van der Waals surface area contributed by atoms with Crippen molar-refractivity contribution in [1.82, 2.24) is 4.90 Å². The van der Waals surface area contributed by atoms with Crippen molar-refractivity contribution in [2.75, 3.05) is 19.6 Å². The van der Waals surface area contributed by atoms with Crippen molar-refractivity contribution in [2.45, 2.75) is 90.1 Å². The zero-order valence-electron chi connectivity index (χ0n) is 15.4. The predicted octanol–water partition coefficient (Wildman–Crippen LogP) is 5.76. The van der Waals surface area contributed by atoms with E-state index in [0.717, 1.165) is 0 Å². The molecular formula is C19H38LiN. The van der Waals surface area contributed by atoms with Crippen molar-refractivity contribution in [2.24, 2.45) is 0 Å². The summed E-state index contributed by atoms with van der Waals surface area (Å²) in [6, 6.07) is 0. The Hall–Kier alpha value is 0.297. The number of allylic oxidation sites excluding steroid dienone is 1. The molecule has 21 heavy (non-hydrogen) atoms. The summed E-state index contributed by atoms with van der Waals surface area (Å²) < 4.78 is 0. The van der Waals surface area contributed by atoms with E-state index in [2.05, 4.69) is 49.5 Å². The molecule has 0 spiro atoms. The minimum atomic E-state index is 1.17.